The number of nitrogens with zero attached hydrogens (tertiary/aromatic N) is 4. The molecule has 1 fully saturated rings. The zero-order valence-corrected chi connectivity index (χ0v) is 18.4. The van der Waals surface area contributed by atoms with Gasteiger partial charge in [0, 0.05) is 18.1 Å². The summed E-state index contributed by atoms with van der Waals surface area (Å²) in [5.74, 6) is -0.590. The van der Waals surface area contributed by atoms with Crippen LogP contribution in [0, 0.1) is 0 Å². The fourth-order valence-corrected chi connectivity index (χ4v) is 4.92. The number of morpholine rings is 1. The molecule has 2 heterocycles. The molecule has 3 aromatic rings. The van der Waals surface area contributed by atoms with Crippen LogP contribution < -0.4 is 5.32 Å². The molecule has 0 unspecified atom stereocenters. The number of anilines is 1. The van der Waals surface area contributed by atoms with Crippen LogP contribution in [0.3, 0.4) is 0 Å². The molecule has 12 heteroatoms. The molecule has 0 atom stereocenters. The minimum absolute atomic E-state index is 0.0144. The molecule has 1 N–H and O–H groups in total. The van der Waals surface area contributed by atoms with Crippen molar-refractivity contribution >= 4 is 44.8 Å². The van der Waals surface area contributed by atoms with Crippen LogP contribution in [0.25, 0.3) is 5.69 Å². The molecule has 31 heavy (non-hydrogen) atoms. The van der Waals surface area contributed by atoms with Crippen LogP contribution in [0.1, 0.15) is 10.4 Å². The lowest BCUT2D eigenvalue weighted by atomic mass is 10.2. The molecule has 1 saturated heterocycles. The third-order valence-corrected chi connectivity index (χ3v) is 7.12. The summed E-state index contributed by atoms with van der Waals surface area (Å²) in [7, 11) is -3.79. The summed E-state index contributed by atoms with van der Waals surface area (Å²) in [5.41, 5.74) is 0.907. The smallest absolute Gasteiger partial charge is 0.257 e. The summed E-state index contributed by atoms with van der Waals surface area (Å²) < 4.78 is 33.9. The first kappa shape index (κ1) is 21.7. The average Bonchev–Trinajstić information content (AvgIpc) is 3.29. The number of amides is 1. The number of hydrogen-bond donors (Lipinski definition) is 1. The number of sulfonamides is 1. The zero-order chi connectivity index (χ0) is 22.0. The number of nitrogens with one attached hydrogen (secondary N) is 1. The van der Waals surface area contributed by atoms with Crippen molar-refractivity contribution in [3.05, 3.63) is 64.7 Å². The lowest BCUT2D eigenvalue weighted by Crippen LogP contribution is -2.40. The van der Waals surface area contributed by atoms with Crippen LogP contribution in [0.4, 0.5) is 5.69 Å². The van der Waals surface area contributed by atoms with E-state index in [2.05, 4.69) is 15.4 Å². The minimum atomic E-state index is -3.79. The van der Waals surface area contributed by atoms with Crippen molar-refractivity contribution < 1.29 is 17.9 Å². The van der Waals surface area contributed by atoms with Crippen molar-refractivity contribution in [2.45, 2.75) is 4.90 Å². The molecule has 4 rings (SSSR count). The van der Waals surface area contributed by atoms with Crippen LogP contribution in [-0.2, 0) is 14.8 Å². The maximum atomic E-state index is 13.0. The van der Waals surface area contributed by atoms with Crippen molar-refractivity contribution in [2.24, 2.45) is 0 Å². The highest BCUT2D eigenvalue weighted by molar-refractivity contribution is 7.89. The van der Waals surface area contributed by atoms with Gasteiger partial charge in [-0.3, -0.25) is 4.79 Å². The third kappa shape index (κ3) is 4.58. The fraction of sp³-hybridized carbons (Fsp3) is 0.211. The van der Waals surface area contributed by atoms with Crippen LogP contribution >= 0.6 is 23.2 Å². The first-order valence-corrected chi connectivity index (χ1v) is 11.4. The Labute approximate surface area is 188 Å². The Morgan fingerprint density at radius 1 is 1.10 bits per heavy atom. The van der Waals surface area contributed by atoms with Gasteiger partial charge in [0.25, 0.3) is 5.91 Å². The van der Waals surface area contributed by atoms with Crippen molar-refractivity contribution in [1.29, 1.82) is 0 Å². The SMILES string of the molecule is O=C(Nc1cc(Cl)ccc1-n1cncn1)c1cc(S(=O)(=O)N2CCOCC2)ccc1Cl. The van der Waals surface area contributed by atoms with E-state index in [1.54, 1.807) is 18.2 Å². The van der Waals surface area contributed by atoms with Crippen LogP contribution in [0.15, 0.2) is 53.9 Å². The lowest BCUT2D eigenvalue weighted by molar-refractivity contribution is 0.0730. The van der Waals surface area contributed by atoms with Gasteiger partial charge < -0.3 is 10.1 Å². The predicted molar refractivity (Wildman–Crippen MR) is 115 cm³/mol. The first-order valence-electron chi connectivity index (χ1n) is 9.19. The van der Waals surface area contributed by atoms with Gasteiger partial charge in [0.2, 0.25) is 10.0 Å². The molecule has 0 spiro atoms. The van der Waals surface area contributed by atoms with Gasteiger partial charge in [0.15, 0.2) is 0 Å². The molecule has 1 aliphatic rings. The molecule has 0 radical (unpaired) electrons. The van der Waals surface area contributed by atoms with Gasteiger partial charge in [-0.15, -0.1) is 0 Å². The number of rotatable bonds is 5. The molecular weight excluding hydrogens is 465 g/mol. The van der Waals surface area contributed by atoms with E-state index in [-0.39, 0.29) is 28.6 Å². The molecule has 0 bridgehead atoms. The molecule has 1 aromatic heterocycles. The molecule has 1 amide bonds. The Bertz CT molecular complexity index is 1210. The van der Waals surface area contributed by atoms with Gasteiger partial charge >= 0.3 is 0 Å². The van der Waals surface area contributed by atoms with E-state index in [0.717, 1.165) is 0 Å². The van der Waals surface area contributed by atoms with Crippen LogP contribution in [-0.4, -0.2) is 59.7 Å². The second kappa shape index (κ2) is 8.93. The number of halogens is 2. The largest absolute Gasteiger partial charge is 0.379 e. The van der Waals surface area contributed by atoms with E-state index in [9.17, 15) is 13.2 Å². The number of hydrogen-bond acceptors (Lipinski definition) is 6. The van der Waals surface area contributed by atoms with Gasteiger partial charge in [0.05, 0.1) is 40.1 Å². The maximum absolute atomic E-state index is 13.0. The number of aromatic nitrogens is 3. The van der Waals surface area contributed by atoms with E-state index in [4.69, 9.17) is 27.9 Å². The van der Waals surface area contributed by atoms with Crippen molar-refractivity contribution in [3.8, 4) is 5.69 Å². The molecule has 2 aromatic carbocycles. The Hall–Kier alpha value is -2.50. The van der Waals surface area contributed by atoms with Gasteiger partial charge in [-0.05, 0) is 36.4 Å². The summed E-state index contributed by atoms with van der Waals surface area (Å²) >= 11 is 12.3. The van der Waals surface area contributed by atoms with Gasteiger partial charge in [-0.1, -0.05) is 23.2 Å². The van der Waals surface area contributed by atoms with Crippen molar-refractivity contribution in [3.63, 3.8) is 0 Å². The Kier molecular flexibility index (Phi) is 6.26. The Balaban J connectivity index is 1.66. The molecule has 0 saturated carbocycles. The lowest BCUT2D eigenvalue weighted by Gasteiger charge is -2.26. The van der Waals surface area contributed by atoms with Gasteiger partial charge in [-0.25, -0.2) is 18.1 Å². The average molecular weight is 482 g/mol. The summed E-state index contributed by atoms with van der Waals surface area (Å²) in [5, 5.41) is 7.30. The highest BCUT2D eigenvalue weighted by Gasteiger charge is 2.27. The highest BCUT2D eigenvalue weighted by Crippen LogP contribution is 2.27. The topological polar surface area (TPSA) is 106 Å². The summed E-state index contributed by atoms with van der Waals surface area (Å²) in [6, 6.07) is 8.91. The van der Waals surface area contributed by atoms with Crippen LogP contribution in [0.2, 0.25) is 10.0 Å². The second-order valence-electron chi connectivity index (χ2n) is 6.61. The third-order valence-electron chi connectivity index (χ3n) is 4.66. The number of carbonyl (C=O) groups excluding carboxylic acids is 1. The minimum Gasteiger partial charge on any atom is -0.379 e. The zero-order valence-electron chi connectivity index (χ0n) is 16.0. The first-order chi connectivity index (χ1) is 14.9. The predicted octanol–water partition coefficient (Wildman–Crippen LogP) is 2.85. The van der Waals surface area contributed by atoms with E-state index >= 15 is 0 Å². The van der Waals surface area contributed by atoms with Gasteiger partial charge in [0.1, 0.15) is 12.7 Å². The van der Waals surface area contributed by atoms with Crippen molar-refractivity contribution in [2.75, 3.05) is 31.6 Å². The standard InChI is InChI=1S/C19H17Cl2N5O4S/c20-13-1-4-18(26-12-22-11-23-26)17(9-13)24-19(27)15-10-14(2-3-16(15)21)31(28,29)25-5-7-30-8-6-25/h1-4,9-12H,5-8H2,(H,24,27). The van der Waals surface area contributed by atoms with E-state index in [1.165, 1.54) is 39.8 Å². The van der Waals surface area contributed by atoms with E-state index in [1.807, 2.05) is 0 Å². The molecule has 9 nitrogen and oxygen atoms in total. The summed E-state index contributed by atoms with van der Waals surface area (Å²) in [6.45, 7) is 1.13. The van der Waals surface area contributed by atoms with Crippen LogP contribution in [0.5, 0.6) is 0 Å². The summed E-state index contributed by atoms with van der Waals surface area (Å²) in [6.07, 6.45) is 2.83. The quantitative estimate of drug-likeness (QED) is 0.600. The van der Waals surface area contributed by atoms with Crippen molar-refractivity contribution in [1.82, 2.24) is 19.1 Å². The van der Waals surface area contributed by atoms with E-state index in [0.29, 0.717) is 29.6 Å². The Morgan fingerprint density at radius 2 is 1.87 bits per heavy atom. The second-order valence-corrected chi connectivity index (χ2v) is 9.40. The molecule has 1 aliphatic heterocycles. The molecule has 0 aliphatic carbocycles. The normalized spacial score (nSPS) is 15.0. The molecular formula is C19H17Cl2N5O4S. The maximum Gasteiger partial charge on any atom is 0.257 e. The number of carbonyl (C=O) groups is 1. The highest BCUT2D eigenvalue weighted by atomic mass is 35.5. The fourth-order valence-electron chi connectivity index (χ4n) is 3.11. The molecule has 162 valence electrons. The Morgan fingerprint density at radius 3 is 2.58 bits per heavy atom. The summed E-state index contributed by atoms with van der Waals surface area (Å²) in [4.78, 5) is 16.9. The van der Waals surface area contributed by atoms with Gasteiger partial charge in [-0.2, -0.15) is 9.40 Å². The van der Waals surface area contributed by atoms with E-state index < -0.39 is 15.9 Å². The monoisotopic (exact) mass is 481 g/mol. The number of ether oxygens (including phenoxy) is 1. The number of benzene rings is 2.